The average Bonchev–Trinajstić information content (AvgIpc) is 2.65. The van der Waals surface area contributed by atoms with E-state index in [0.29, 0.717) is 24.3 Å². The Bertz CT molecular complexity index is 438. The highest BCUT2D eigenvalue weighted by Crippen LogP contribution is 2.14. The van der Waals surface area contributed by atoms with Gasteiger partial charge in [-0.1, -0.05) is 0 Å². The van der Waals surface area contributed by atoms with Crippen molar-refractivity contribution in [2.45, 2.75) is 6.42 Å². The van der Waals surface area contributed by atoms with Crippen molar-refractivity contribution in [3.05, 3.63) is 24.0 Å². The number of carbonyl (C=O) groups is 1. The molecule has 2 heterocycles. The number of nitrogen functional groups attached to an aromatic ring is 1. The Balaban J connectivity index is 2.02. The number of β-amino-alcohol motifs (C(OH)–C–C–N with tert-alkyl or cyclic N) is 1. The molecule has 1 saturated heterocycles. The number of aliphatic hydroxyl groups is 1. The van der Waals surface area contributed by atoms with E-state index in [0.717, 1.165) is 26.1 Å². The van der Waals surface area contributed by atoms with Gasteiger partial charge in [0.25, 0.3) is 5.91 Å². The number of amides is 1. The highest BCUT2D eigenvalue weighted by molar-refractivity contribution is 5.98. The smallest absolute Gasteiger partial charge is 0.256 e. The summed E-state index contributed by atoms with van der Waals surface area (Å²) < 4.78 is 0. The third kappa shape index (κ3) is 3.42. The van der Waals surface area contributed by atoms with E-state index in [1.54, 1.807) is 12.3 Å². The number of aromatic nitrogens is 1. The number of aliphatic hydroxyl groups excluding tert-OH is 1. The van der Waals surface area contributed by atoms with Crippen molar-refractivity contribution in [2.75, 3.05) is 45.1 Å². The van der Waals surface area contributed by atoms with Crippen LogP contribution in [0.15, 0.2) is 18.5 Å². The molecule has 0 aromatic carbocycles. The number of anilines is 1. The van der Waals surface area contributed by atoms with Gasteiger partial charge >= 0.3 is 0 Å². The minimum atomic E-state index is -0.0363. The second-order valence-electron chi connectivity index (χ2n) is 4.67. The highest BCUT2D eigenvalue weighted by atomic mass is 16.3. The summed E-state index contributed by atoms with van der Waals surface area (Å²) in [6.07, 6.45) is 4.00. The lowest BCUT2D eigenvalue weighted by atomic mass is 10.2. The highest BCUT2D eigenvalue weighted by Gasteiger charge is 2.21. The van der Waals surface area contributed by atoms with Crippen molar-refractivity contribution in [2.24, 2.45) is 0 Å². The van der Waals surface area contributed by atoms with Gasteiger partial charge in [0.1, 0.15) is 0 Å². The third-order valence-corrected chi connectivity index (χ3v) is 3.37. The molecule has 0 radical (unpaired) electrons. The Hall–Kier alpha value is -1.66. The number of nitrogens with two attached hydrogens (primary N) is 1. The molecule has 1 amide bonds. The Morgan fingerprint density at radius 3 is 2.95 bits per heavy atom. The lowest BCUT2D eigenvalue weighted by molar-refractivity contribution is 0.0761. The zero-order chi connectivity index (χ0) is 13.7. The number of hydrogen-bond acceptors (Lipinski definition) is 5. The van der Waals surface area contributed by atoms with Crippen LogP contribution in [0.5, 0.6) is 0 Å². The van der Waals surface area contributed by atoms with Crippen molar-refractivity contribution in [1.29, 1.82) is 0 Å². The van der Waals surface area contributed by atoms with Gasteiger partial charge in [0.05, 0.1) is 24.1 Å². The standard InChI is InChI=1S/C13H20N4O2/c14-12-10-15-3-2-11(12)13(19)17-5-1-4-16(6-7-17)8-9-18/h2-3,10,18H,1,4-9,14H2. The van der Waals surface area contributed by atoms with Crippen LogP contribution in [-0.2, 0) is 0 Å². The number of nitrogens with zero attached hydrogens (tertiary/aromatic N) is 3. The molecule has 0 bridgehead atoms. The number of pyridine rings is 1. The molecule has 1 aromatic heterocycles. The average molecular weight is 264 g/mol. The van der Waals surface area contributed by atoms with E-state index in [1.807, 2.05) is 4.90 Å². The minimum absolute atomic E-state index is 0.0363. The van der Waals surface area contributed by atoms with Crippen molar-refractivity contribution >= 4 is 11.6 Å². The molecule has 1 aliphatic heterocycles. The molecule has 1 aromatic rings. The molecule has 0 aliphatic carbocycles. The second-order valence-corrected chi connectivity index (χ2v) is 4.67. The van der Waals surface area contributed by atoms with Gasteiger partial charge in [-0.3, -0.25) is 14.7 Å². The fourth-order valence-electron chi connectivity index (χ4n) is 2.31. The molecular formula is C13H20N4O2. The second kappa shape index (κ2) is 6.49. The van der Waals surface area contributed by atoms with E-state index in [1.165, 1.54) is 6.20 Å². The maximum atomic E-state index is 12.4. The van der Waals surface area contributed by atoms with Gasteiger partial charge in [0.15, 0.2) is 0 Å². The molecular weight excluding hydrogens is 244 g/mol. The minimum Gasteiger partial charge on any atom is -0.397 e. The van der Waals surface area contributed by atoms with Crippen molar-refractivity contribution in [3.63, 3.8) is 0 Å². The predicted octanol–water partition coefficient (Wildman–Crippen LogP) is -0.196. The molecule has 0 unspecified atom stereocenters. The summed E-state index contributed by atoms with van der Waals surface area (Å²) in [6.45, 7) is 3.92. The topological polar surface area (TPSA) is 82.7 Å². The molecule has 0 spiro atoms. The van der Waals surface area contributed by atoms with E-state index in [2.05, 4.69) is 9.88 Å². The quantitative estimate of drug-likeness (QED) is 0.790. The fraction of sp³-hybridized carbons (Fsp3) is 0.538. The fourth-order valence-corrected chi connectivity index (χ4v) is 2.31. The van der Waals surface area contributed by atoms with Gasteiger partial charge in [-0.05, 0) is 19.0 Å². The molecule has 3 N–H and O–H groups in total. The summed E-state index contributed by atoms with van der Waals surface area (Å²) in [5, 5.41) is 8.95. The van der Waals surface area contributed by atoms with Crippen LogP contribution < -0.4 is 5.73 Å². The van der Waals surface area contributed by atoms with Crippen LogP contribution >= 0.6 is 0 Å². The molecule has 1 aliphatic rings. The zero-order valence-corrected chi connectivity index (χ0v) is 11.0. The van der Waals surface area contributed by atoms with Crippen molar-refractivity contribution in [1.82, 2.24) is 14.8 Å². The van der Waals surface area contributed by atoms with Gasteiger partial charge in [0.2, 0.25) is 0 Å². The van der Waals surface area contributed by atoms with E-state index in [-0.39, 0.29) is 12.5 Å². The van der Waals surface area contributed by atoms with E-state index >= 15 is 0 Å². The SMILES string of the molecule is Nc1cnccc1C(=O)N1CCCN(CCO)CC1. The monoisotopic (exact) mass is 264 g/mol. The van der Waals surface area contributed by atoms with E-state index in [4.69, 9.17) is 10.8 Å². The van der Waals surface area contributed by atoms with Crippen molar-refractivity contribution in [3.8, 4) is 0 Å². The first-order chi connectivity index (χ1) is 9.22. The molecule has 2 rings (SSSR count). The Labute approximate surface area is 112 Å². The van der Waals surface area contributed by atoms with Crippen LogP contribution in [0.2, 0.25) is 0 Å². The van der Waals surface area contributed by atoms with Crippen LogP contribution in [0.4, 0.5) is 5.69 Å². The number of rotatable bonds is 3. The first-order valence-electron chi connectivity index (χ1n) is 6.54. The summed E-state index contributed by atoms with van der Waals surface area (Å²) in [4.78, 5) is 20.3. The summed E-state index contributed by atoms with van der Waals surface area (Å²) in [7, 11) is 0. The predicted molar refractivity (Wildman–Crippen MR) is 72.7 cm³/mol. The molecule has 1 fully saturated rings. The van der Waals surface area contributed by atoms with Crippen LogP contribution in [0, 0.1) is 0 Å². The van der Waals surface area contributed by atoms with Crippen LogP contribution in [0.3, 0.4) is 0 Å². The molecule has 19 heavy (non-hydrogen) atoms. The van der Waals surface area contributed by atoms with Crippen LogP contribution in [-0.4, -0.2) is 65.1 Å². The lowest BCUT2D eigenvalue weighted by Crippen LogP contribution is -2.36. The molecule has 0 saturated carbocycles. The third-order valence-electron chi connectivity index (χ3n) is 3.37. The number of hydrogen-bond donors (Lipinski definition) is 2. The molecule has 104 valence electrons. The number of carbonyl (C=O) groups excluding carboxylic acids is 1. The van der Waals surface area contributed by atoms with Crippen molar-refractivity contribution < 1.29 is 9.90 Å². The van der Waals surface area contributed by atoms with Crippen LogP contribution in [0.25, 0.3) is 0 Å². The summed E-state index contributed by atoms with van der Waals surface area (Å²) in [5.41, 5.74) is 6.73. The van der Waals surface area contributed by atoms with Crippen LogP contribution in [0.1, 0.15) is 16.8 Å². The molecule has 6 nitrogen and oxygen atoms in total. The molecule has 6 heteroatoms. The van der Waals surface area contributed by atoms with Gasteiger partial charge in [-0.15, -0.1) is 0 Å². The largest absolute Gasteiger partial charge is 0.397 e. The zero-order valence-electron chi connectivity index (χ0n) is 11.0. The Morgan fingerprint density at radius 1 is 1.37 bits per heavy atom. The lowest BCUT2D eigenvalue weighted by Gasteiger charge is -2.22. The van der Waals surface area contributed by atoms with Gasteiger partial charge in [0, 0.05) is 32.4 Å². The first-order valence-corrected chi connectivity index (χ1v) is 6.54. The van der Waals surface area contributed by atoms with E-state index in [9.17, 15) is 4.79 Å². The summed E-state index contributed by atoms with van der Waals surface area (Å²) >= 11 is 0. The van der Waals surface area contributed by atoms with Gasteiger partial charge < -0.3 is 15.7 Å². The Kier molecular flexibility index (Phi) is 4.70. The van der Waals surface area contributed by atoms with Gasteiger partial charge in [-0.2, -0.15) is 0 Å². The van der Waals surface area contributed by atoms with Gasteiger partial charge in [-0.25, -0.2) is 0 Å². The summed E-state index contributed by atoms with van der Waals surface area (Å²) in [5.74, 6) is -0.0363. The normalized spacial score (nSPS) is 17.2. The molecule has 0 atom stereocenters. The maximum absolute atomic E-state index is 12.4. The van der Waals surface area contributed by atoms with E-state index < -0.39 is 0 Å². The first kappa shape index (κ1) is 13.8. The maximum Gasteiger partial charge on any atom is 0.256 e. The summed E-state index contributed by atoms with van der Waals surface area (Å²) in [6, 6.07) is 1.66. The Morgan fingerprint density at radius 2 is 2.21 bits per heavy atom.